The molecule has 12 nitrogen and oxygen atoms in total. The van der Waals surface area contributed by atoms with Crippen LogP contribution in [0.4, 0.5) is 15.3 Å². The summed E-state index contributed by atoms with van der Waals surface area (Å²) in [6.45, 7) is 3.20. The van der Waals surface area contributed by atoms with Crippen LogP contribution in [-0.2, 0) is 30.2 Å². The van der Waals surface area contributed by atoms with E-state index >= 15 is 0 Å². The Bertz CT molecular complexity index is 1560. The number of benzene rings is 2. The molecule has 0 aliphatic carbocycles. The Morgan fingerprint density at radius 3 is 2.26 bits per heavy atom. The van der Waals surface area contributed by atoms with Crippen LogP contribution in [0.1, 0.15) is 56.1 Å². The van der Waals surface area contributed by atoms with E-state index in [0.717, 1.165) is 43.5 Å². The van der Waals surface area contributed by atoms with Gasteiger partial charge in [0.2, 0.25) is 0 Å². The highest BCUT2D eigenvalue weighted by atomic mass is 127. The van der Waals surface area contributed by atoms with Gasteiger partial charge in [-0.25, -0.2) is 14.4 Å². The van der Waals surface area contributed by atoms with Gasteiger partial charge in [0.1, 0.15) is 11.8 Å². The molecule has 0 spiro atoms. The Morgan fingerprint density at radius 1 is 0.900 bits per heavy atom. The maximum absolute atomic E-state index is 14.1. The van der Waals surface area contributed by atoms with Crippen LogP contribution in [0, 0.1) is 0 Å². The number of nitrogens with one attached hydrogen (secondary N) is 1. The number of carbonyl (C=O) groups is 4. The first-order valence-corrected chi connectivity index (χ1v) is 19.7. The van der Waals surface area contributed by atoms with Crippen LogP contribution in [0.5, 0.6) is 5.75 Å². The minimum absolute atomic E-state index is 0.0166. The Hall–Kier alpha value is -2.63. The molecule has 0 bridgehead atoms. The van der Waals surface area contributed by atoms with Gasteiger partial charge in [0.25, 0.3) is 5.91 Å². The zero-order valence-electron chi connectivity index (χ0n) is 27.7. The number of carbonyl (C=O) groups excluding carboxylic acids is 4. The predicted octanol–water partition coefficient (Wildman–Crippen LogP) is 6.26. The van der Waals surface area contributed by atoms with Crippen LogP contribution in [0.15, 0.2) is 45.3 Å². The van der Waals surface area contributed by atoms with Gasteiger partial charge in [-0.2, -0.15) is 0 Å². The van der Waals surface area contributed by atoms with E-state index in [4.69, 9.17) is 7.80 Å². The standard InChI is InChI=1S/C35H42Br2IN5O7/c36-26-19-22(20-27(37)31(26)44)21-30(32(45)40-14-9-24(10-15-40)42-13-4-3-7-29(42)33(46)50-38)49-35(48)41-16-11-25(12-17-41)43-18-8-23-5-1-2-6-28(23)39-34(43)47/h1-2,5-6,19-20,24-25,29-30,44H,3-4,7-18,21H2,(H,39,47)/t29-,30-/m1/s1. The molecule has 0 aromatic heterocycles. The van der Waals surface area contributed by atoms with E-state index in [9.17, 15) is 24.3 Å². The first-order chi connectivity index (χ1) is 24.1. The number of halogens is 3. The molecular weight excluding hydrogens is 889 g/mol. The number of phenolic OH excluding ortho intramolecular Hbond substituents is 1. The van der Waals surface area contributed by atoms with Crippen molar-refractivity contribution in [1.29, 1.82) is 0 Å². The monoisotopic (exact) mass is 929 g/mol. The van der Waals surface area contributed by atoms with Gasteiger partial charge in [0, 0.05) is 56.9 Å². The quantitative estimate of drug-likeness (QED) is 0.312. The topological polar surface area (TPSA) is 132 Å². The van der Waals surface area contributed by atoms with Gasteiger partial charge < -0.3 is 32.9 Å². The summed E-state index contributed by atoms with van der Waals surface area (Å²) in [4.78, 5) is 60.8. The summed E-state index contributed by atoms with van der Waals surface area (Å²) in [7, 11) is 0. The number of rotatable bonds is 7. The van der Waals surface area contributed by atoms with Crippen molar-refractivity contribution in [3.63, 3.8) is 0 Å². The fraction of sp³-hybridized carbons (Fsp3) is 0.543. The smallest absolute Gasteiger partial charge is 0.410 e. The molecule has 4 aliphatic heterocycles. The summed E-state index contributed by atoms with van der Waals surface area (Å²) >= 11 is 8.40. The summed E-state index contributed by atoms with van der Waals surface area (Å²) in [5.74, 6) is -0.441. The highest BCUT2D eigenvalue weighted by molar-refractivity contribution is 14.1. The number of hydrogen-bond donors (Lipinski definition) is 2. The third-order valence-corrected chi connectivity index (χ3v) is 12.1. The molecule has 2 atom stereocenters. The number of phenols is 1. The molecule has 4 aliphatic rings. The molecule has 2 N–H and O–H groups in total. The Balaban J connectivity index is 1.09. The van der Waals surface area contributed by atoms with E-state index in [1.165, 1.54) is 0 Å². The largest absolute Gasteiger partial charge is 0.506 e. The molecule has 4 amide bonds. The second-order valence-electron chi connectivity index (χ2n) is 13.4. The molecule has 0 unspecified atom stereocenters. The van der Waals surface area contributed by atoms with Crippen molar-refractivity contribution < 1.29 is 32.1 Å². The Labute approximate surface area is 323 Å². The maximum Gasteiger partial charge on any atom is 0.410 e. The van der Waals surface area contributed by atoms with Gasteiger partial charge in [-0.15, -0.1) is 0 Å². The van der Waals surface area contributed by atoms with E-state index in [-0.39, 0.29) is 48.2 Å². The molecule has 0 radical (unpaired) electrons. The maximum atomic E-state index is 14.1. The molecule has 3 saturated heterocycles. The van der Waals surface area contributed by atoms with Gasteiger partial charge in [0.15, 0.2) is 29.1 Å². The second kappa shape index (κ2) is 16.8. The van der Waals surface area contributed by atoms with Crippen molar-refractivity contribution in [2.24, 2.45) is 0 Å². The summed E-state index contributed by atoms with van der Waals surface area (Å²) in [6, 6.07) is 11.0. The minimum Gasteiger partial charge on any atom is -0.506 e. The third-order valence-electron chi connectivity index (χ3n) is 10.5. The number of urea groups is 1. The minimum atomic E-state index is -1.08. The first-order valence-electron chi connectivity index (χ1n) is 17.3. The molecule has 50 heavy (non-hydrogen) atoms. The normalized spacial score (nSPS) is 21.5. The van der Waals surface area contributed by atoms with E-state index in [1.807, 2.05) is 29.2 Å². The predicted molar refractivity (Wildman–Crippen MR) is 202 cm³/mol. The second-order valence-corrected chi connectivity index (χ2v) is 15.6. The molecule has 0 saturated carbocycles. The molecule has 3 fully saturated rings. The molecule has 4 heterocycles. The summed E-state index contributed by atoms with van der Waals surface area (Å²) in [5.41, 5.74) is 2.65. The first kappa shape index (κ1) is 37.1. The number of ether oxygens (including phenoxy) is 1. The Kier molecular flexibility index (Phi) is 12.5. The fourth-order valence-corrected chi connectivity index (χ4v) is 9.32. The summed E-state index contributed by atoms with van der Waals surface area (Å²) < 4.78 is 12.0. The number of para-hydroxylation sites is 1. The van der Waals surface area contributed by atoms with Crippen molar-refractivity contribution in [2.75, 3.05) is 44.6 Å². The lowest BCUT2D eigenvalue weighted by atomic mass is 9.94. The van der Waals surface area contributed by atoms with Crippen molar-refractivity contribution in [1.82, 2.24) is 19.6 Å². The average Bonchev–Trinajstić information content (AvgIpc) is 3.31. The van der Waals surface area contributed by atoms with Crippen LogP contribution in [-0.4, -0.2) is 112 Å². The Morgan fingerprint density at radius 2 is 1.56 bits per heavy atom. The lowest BCUT2D eigenvalue weighted by Gasteiger charge is -2.43. The number of amides is 4. The third kappa shape index (κ3) is 8.52. The van der Waals surface area contributed by atoms with E-state index < -0.39 is 12.2 Å². The van der Waals surface area contributed by atoms with Crippen molar-refractivity contribution in [2.45, 2.75) is 82.0 Å². The number of anilines is 1. The summed E-state index contributed by atoms with van der Waals surface area (Å²) in [6.07, 6.45) is 4.64. The zero-order chi connectivity index (χ0) is 35.4. The van der Waals surface area contributed by atoms with Gasteiger partial charge in [0.05, 0.1) is 8.95 Å². The van der Waals surface area contributed by atoms with Gasteiger partial charge in [-0.1, -0.05) is 24.6 Å². The van der Waals surface area contributed by atoms with Crippen molar-refractivity contribution in [3.05, 3.63) is 56.5 Å². The number of aromatic hydroxyl groups is 1. The van der Waals surface area contributed by atoms with Crippen LogP contribution < -0.4 is 5.32 Å². The number of piperidine rings is 3. The molecule has 6 rings (SSSR count). The van der Waals surface area contributed by atoms with Crippen molar-refractivity contribution >= 4 is 84.6 Å². The molecule has 15 heteroatoms. The number of likely N-dealkylation sites (tertiary alicyclic amines) is 3. The van der Waals surface area contributed by atoms with Crippen LogP contribution in [0.3, 0.4) is 0 Å². The van der Waals surface area contributed by atoms with Gasteiger partial charge in [-0.05, 0) is 113 Å². The molecule has 2 aromatic carbocycles. The molecule has 2 aromatic rings. The number of nitrogens with zero attached hydrogens (tertiary/aromatic N) is 4. The van der Waals surface area contributed by atoms with Crippen LogP contribution in [0.2, 0.25) is 0 Å². The van der Waals surface area contributed by atoms with Gasteiger partial charge in [-0.3, -0.25) is 9.69 Å². The molecule has 270 valence electrons. The van der Waals surface area contributed by atoms with Gasteiger partial charge >= 0.3 is 18.1 Å². The van der Waals surface area contributed by atoms with E-state index in [0.29, 0.717) is 72.9 Å². The fourth-order valence-electron chi connectivity index (χ4n) is 7.74. The SMILES string of the molecule is O=C(OI)[C@H]1CCCCN1C1CCN(C(=O)[C@@H](Cc2cc(Br)c(O)c(Br)c2)OC(=O)N2CCC(N3CCc4ccccc4NC3=O)CC2)CC1. The summed E-state index contributed by atoms with van der Waals surface area (Å²) in [5, 5.41) is 13.3. The zero-order valence-corrected chi connectivity index (χ0v) is 33.0. The van der Waals surface area contributed by atoms with E-state index in [1.54, 1.807) is 44.9 Å². The molecular formula is C35H42Br2IN5O7. The lowest BCUT2D eigenvalue weighted by molar-refractivity contribution is -0.145. The van der Waals surface area contributed by atoms with E-state index in [2.05, 4.69) is 42.1 Å². The number of fused-ring (bicyclic) bond motifs is 1. The highest BCUT2D eigenvalue weighted by Crippen LogP contribution is 2.34. The van der Waals surface area contributed by atoms with Crippen LogP contribution in [0.25, 0.3) is 0 Å². The number of hydrogen-bond acceptors (Lipinski definition) is 8. The average molecular weight is 931 g/mol. The van der Waals surface area contributed by atoms with Crippen LogP contribution >= 0.6 is 54.9 Å². The lowest BCUT2D eigenvalue weighted by Crippen LogP contribution is -2.55. The highest BCUT2D eigenvalue weighted by Gasteiger charge is 2.39. The van der Waals surface area contributed by atoms with Crippen molar-refractivity contribution in [3.8, 4) is 5.75 Å².